The van der Waals surface area contributed by atoms with Gasteiger partial charge in [-0.15, -0.1) is 0 Å². The second kappa shape index (κ2) is 3.59. The number of primary amides is 1. The van der Waals surface area contributed by atoms with Gasteiger partial charge < -0.3 is 5.73 Å². The smallest absolute Gasteiger partial charge is 0.259 e. The molecular weight excluding hydrogens is 205 g/mol. The molecule has 0 aromatic heterocycles. The van der Waals surface area contributed by atoms with Gasteiger partial charge >= 0.3 is 0 Å². The number of amides is 1. The lowest BCUT2D eigenvalue weighted by atomic mass is 9.92. The molecule has 0 spiro atoms. The van der Waals surface area contributed by atoms with Gasteiger partial charge in [-0.3, -0.25) is 4.79 Å². The van der Waals surface area contributed by atoms with E-state index in [0.717, 1.165) is 5.39 Å². The minimum absolute atomic E-state index is 0.318. The highest BCUT2D eigenvalue weighted by molar-refractivity contribution is 5.93. The summed E-state index contributed by atoms with van der Waals surface area (Å²) in [5.74, 6) is -0.969. The van der Waals surface area contributed by atoms with Crippen molar-refractivity contribution in [2.75, 3.05) is 0 Å². The van der Waals surface area contributed by atoms with Crippen LogP contribution in [0.15, 0.2) is 42.5 Å². The lowest BCUT2D eigenvalue weighted by molar-refractivity contribution is -0.128. The van der Waals surface area contributed by atoms with Gasteiger partial charge in [-0.05, 0) is 17.7 Å². The van der Waals surface area contributed by atoms with Gasteiger partial charge in [0, 0.05) is 5.56 Å². The molecule has 0 fully saturated rings. The van der Waals surface area contributed by atoms with Crippen molar-refractivity contribution in [3.63, 3.8) is 0 Å². The molecule has 2 nitrogen and oxygen atoms in total. The molecule has 0 aliphatic carbocycles. The number of nitrogens with two attached hydrogens (primary N) is 1. The molecule has 0 saturated heterocycles. The Bertz CT molecular complexity index is 543. The Kier molecular flexibility index (Phi) is 2.38. The van der Waals surface area contributed by atoms with E-state index in [1.165, 1.54) is 6.92 Å². The van der Waals surface area contributed by atoms with Crippen molar-refractivity contribution in [3.8, 4) is 0 Å². The van der Waals surface area contributed by atoms with Crippen molar-refractivity contribution < 1.29 is 9.18 Å². The van der Waals surface area contributed by atoms with Crippen molar-refractivity contribution in [2.24, 2.45) is 5.73 Å². The summed E-state index contributed by atoms with van der Waals surface area (Å²) in [4.78, 5) is 11.1. The Morgan fingerprint density at radius 3 is 2.50 bits per heavy atom. The normalized spacial score (nSPS) is 14.6. The maximum absolute atomic E-state index is 14.2. The Hall–Kier alpha value is -1.90. The first kappa shape index (κ1) is 10.6. The van der Waals surface area contributed by atoms with Crippen LogP contribution in [0.25, 0.3) is 10.8 Å². The van der Waals surface area contributed by atoms with E-state index in [0.29, 0.717) is 10.9 Å². The zero-order valence-electron chi connectivity index (χ0n) is 8.91. The largest absolute Gasteiger partial charge is 0.367 e. The van der Waals surface area contributed by atoms with Gasteiger partial charge in [0.15, 0.2) is 0 Å². The van der Waals surface area contributed by atoms with Gasteiger partial charge in [0.25, 0.3) is 5.91 Å². The molecule has 1 unspecified atom stereocenters. The SMILES string of the molecule is CC(F)(C(N)=O)c1cccc2ccccc12. The predicted molar refractivity (Wildman–Crippen MR) is 61.6 cm³/mol. The molecule has 0 heterocycles. The van der Waals surface area contributed by atoms with E-state index in [4.69, 9.17) is 5.73 Å². The van der Waals surface area contributed by atoms with Crippen molar-refractivity contribution in [1.29, 1.82) is 0 Å². The van der Waals surface area contributed by atoms with Crippen molar-refractivity contribution in [2.45, 2.75) is 12.6 Å². The summed E-state index contributed by atoms with van der Waals surface area (Å²) in [7, 11) is 0. The summed E-state index contributed by atoms with van der Waals surface area (Å²) in [6, 6.07) is 12.5. The standard InChI is InChI=1S/C13H12FNO/c1-13(14,12(15)16)11-8-4-6-9-5-2-3-7-10(9)11/h2-8H,1H3,(H2,15,16). The number of carbonyl (C=O) groups is 1. The molecule has 2 rings (SSSR count). The first-order chi connectivity index (χ1) is 7.53. The maximum atomic E-state index is 14.2. The minimum atomic E-state index is -2.14. The summed E-state index contributed by atoms with van der Waals surface area (Å²) in [5.41, 5.74) is 3.26. The molecule has 0 saturated carbocycles. The van der Waals surface area contributed by atoms with Crippen molar-refractivity contribution in [3.05, 3.63) is 48.0 Å². The zero-order valence-corrected chi connectivity index (χ0v) is 8.91. The van der Waals surface area contributed by atoms with E-state index in [1.807, 2.05) is 24.3 Å². The minimum Gasteiger partial charge on any atom is -0.367 e. The maximum Gasteiger partial charge on any atom is 0.259 e. The van der Waals surface area contributed by atoms with Gasteiger partial charge in [0.05, 0.1) is 0 Å². The number of rotatable bonds is 2. The molecule has 0 radical (unpaired) electrons. The summed E-state index contributed by atoms with van der Waals surface area (Å²) >= 11 is 0. The van der Waals surface area contributed by atoms with Crippen LogP contribution in [0.3, 0.4) is 0 Å². The molecule has 16 heavy (non-hydrogen) atoms. The lowest BCUT2D eigenvalue weighted by Gasteiger charge is -2.18. The van der Waals surface area contributed by atoms with E-state index in [-0.39, 0.29) is 0 Å². The molecule has 2 N–H and O–H groups in total. The fourth-order valence-corrected chi connectivity index (χ4v) is 1.77. The van der Waals surface area contributed by atoms with E-state index < -0.39 is 11.6 Å². The van der Waals surface area contributed by atoms with Crippen molar-refractivity contribution >= 4 is 16.7 Å². The van der Waals surface area contributed by atoms with Gasteiger partial charge in [-0.25, -0.2) is 4.39 Å². The Morgan fingerprint density at radius 1 is 1.19 bits per heavy atom. The number of hydrogen-bond acceptors (Lipinski definition) is 1. The molecule has 0 aliphatic rings. The molecular formula is C13H12FNO. The molecule has 2 aromatic rings. The Labute approximate surface area is 92.9 Å². The zero-order chi connectivity index (χ0) is 11.8. The Morgan fingerprint density at radius 2 is 1.81 bits per heavy atom. The summed E-state index contributed by atoms with van der Waals surface area (Å²) in [5, 5.41) is 1.61. The van der Waals surface area contributed by atoms with Crippen LogP contribution in [0, 0.1) is 0 Å². The van der Waals surface area contributed by atoms with E-state index in [2.05, 4.69) is 0 Å². The third-order valence-corrected chi connectivity index (χ3v) is 2.76. The first-order valence-corrected chi connectivity index (χ1v) is 5.00. The van der Waals surface area contributed by atoms with E-state index in [1.54, 1.807) is 18.2 Å². The highest BCUT2D eigenvalue weighted by Crippen LogP contribution is 2.31. The van der Waals surface area contributed by atoms with Crippen LogP contribution in [-0.4, -0.2) is 5.91 Å². The van der Waals surface area contributed by atoms with Crippen molar-refractivity contribution in [1.82, 2.24) is 0 Å². The topological polar surface area (TPSA) is 43.1 Å². The van der Waals surface area contributed by atoms with Crippen LogP contribution < -0.4 is 5.73 Å². The number of carbonyl (C=O) groups excluding carboxylic acids is 1. The molecule has 82 valence electrons. The lowest BCUT2D eigenvalue weighted by Crippen LogP contribution is -2.34. The number of fused-ring (bicyclic) bond motifs is 1. The second-order valence-corrected chi connectivity index (χ2v) is 3.89. The summed E-state index contributed by atoms with van der Waals surface area (Å²) < 4.78 is 14.2. The molecule has 0 bridgehead atoms. The first-order valence-electron chi connectivity index (χ1n) is 5.00. The summed E-state index contributed by atoms with van der Waals surface area (Å²) in [6.45, 7) is 1.19. The average molecular weight is 217 g/mol. The van der Waals surface area contributed by atoms with Crippen LogP contribution in [0.2, 0.25) is 0 Å². The quantitative estimate of drug-likeness (QED) is 0.825. The van der Waals surface area contributed by atoms with Crippen LogP contribution >= 0.6 is 0 Å². The van der Waals surface area contributed by atoms with E-state index >= 15 is 0 Å². The summed E-state index contributed by atoms with van der Waals surface area (Å²) in [6.07, 6.45) is 0. The average Bonchev–Trinajstić information content (AvgIpc) is 2.28. The molecule has 3 heteroatoms. The second-order valence-electron chi connectivity index (χ2n) is 3.89. The van der Waals surface area contributed by atoms with Crippen LogP contribution in [0.1, 0.15) is 12.5 Å². The third-order valence-electron chi connectivity index (χ3n) is 2.76. The molecule has 1 atom stereocenters. The third kappa shape index (κ3) is 1.54. The van der Waals surface area contributed by atoms with Crippen LogP contribution in [0.4, 0.5) is 4.39 Å². The number of alkyl halides is 1. The predicted octanol–water partition coefficient (Wildman–Crippen LogP) is 2.51. The molecule has 2 aromatic carbocycles. The Balaban J connectivity index is 2.74. The number of halogens is 1. The van der Waals surface area contributed by atoms with Gasteiger partial charge in [0.1, 0.15) is 0 Å². The fourth-order valence-electron chi connectivity index (χ4n) is 1.77. The fraction of sp³-hybridized carbons (Fsp3) is 0.154. The monoisotopic (exact) mass is 217 g/mol. The molecule has 1 amide bonds. The highest BCUT2D eigenvalue weighted by atomic mass is 19.1. The highest BCUT2D eigenvalue weighted by Gasteiger charge is 2.34. The number of benzene rings is 2. The van der Waals surface area contributed by atoms with Crippen LogP contribution in [-0.2, 0) is 10.5 Å². The van der Waals surface area contributed by atoms with Gasteiger partial charge in [-0.1, -0.05) is 42.5 Å². The van der Waals surface area contributed by atoms with Crippen LogP contribution in [0.5, 0.6) is 0 Å². The number of hydrogen-bond donors (Lipinski definition) is 1. The van der Waals surface area contributed by atoms with E-state index in [9.17, 15) is 9.18 Å². The molecule has 0 aliphatic heterocycles. The van der Waals surface area contributed by atoms with Gasteiger partial charge in [-0.2, -0.15) is 0 Å². The van der Waals surface area contributed by atoms with Gasteiger partial charge in [0.2, 0.25) is 5.67 Å².